The van der Waals surface area contributed by atoms with E-state index in [0.717, 1.165) is 16.6 Å². The van der Waals surface area contributed by atoms with Gasteiger partial charge in [-0.25, -0.2) is 4.39 Å². The van der Waals surface area contributed by atoms with E-state index in [1.807, 2.05) is 6.07 Å². The van der Waals surface area contributed by atoms with Gasteiger partial charge in [-0.1, -0.05) is 35.7 Å². The van der Waals surface area contributed by atoms with Gasteiger partial charge in [-0.05, 0) is 37.1 Å². The van der Waals surface area contributed by atoms with Gasteiger partial charge in [0.05, 0.1) is 0 Å². The van der Waals surface area contributed by atoms with Crippen molar-refractivity contribution in [3.8, 4) is 0 Å². The van der Waals surface area contributed by atoms with Crippen molar-refractivity contribution in [2.24, 2.45) is 0 Å². The summed E-state index contributed by atoms with van der Waals surface area (Å²) >= 11 is 3.29. The molecular weight excluding hydrogens is 269 g/mol. The molecule has 0 aliphatic heterocycles. The maximum Gasteiger partial charge on any atom is 0.124 e. The zero-order valence-electron chi connectivity index (χ0n) is 9.89. The smallest absolute Gasteiger partial charge is 0.124 e. The first-order chi connectivity index (χ1) is 7.61. The molecule has 90 valence electrons. The van der Waals surface area contributed by atoms with Crippen LogP contribution in [0.5, 0.6) is 0 Å². The monoisotopic (exact) mass is 287 g/mol. The molecule has 0 radical (unpaired) electrons. The summed E-state index contributed by atoms with van der Waals surface area (Å²) in [6, 6.07) is 5.48. The predicted octanol–water partition coefficient (Wildman–Crippen LogP) is 4.26. The molecule has 0 saturated heterocycles. The molecule has 16 heavy (non-hydrogen) atoms. The highest BCUT2D eigenvalue weighted by Gasteiger charge is 2.02. The summed E-state index contributed by atoms with van der Waals surface area (Å²) in [5.74, 6) is -0.188. The van der Waals surface area contributed by atoms with Crippen molar-refractivity contribution in [3.05, 3.63) is 34.1 Å². The third-order valence-electron chi connectivity index (χ3n) is 2.57. The maximum atomic E-state index is 13.1. The van der Waals surface area contributed by atoms with Gasteiger partial charge < -0.3 is 5.32 Å². The minimum atomic E-state index is -0.188. The van der Waals surface area contributed by atoms with Gasteiger partial charge in [-0.3, -0.25) is 0 Å². The lowest BCUT2D eigenvalue weighted by Gasteiger charge is -2.13. The first-order valence-electron chi connectivity index (χ1n) is 5.80. The molecule has 3 heteroatoms. The van der Waals surface area contributed by atoms with Gasteiger partial charge in [0.25, 0.3) is 0 Å². The van der Waals surface area contributed by atoms with Gasteiger partial charge in [0.15, 0.2) is 0 Å². The van der Waals surface area contributed by atoms with Crippen molar-refractivity contribution in [2.45, 2.75) is 45.7 Å². The molecule has 0 fully saturated rings. The molecule has 0 spiro atoms. The molecule has 0 aliphatic carbocycles. The lowest BCUT2D eigenvalue weighted by molar-refractivity contribution is 0.493. The molecule has 1 unspecified atom stereocenters. The fraction of sp³-hybridized carbons (Fsp3) is 0.538. The number of hydrogen-bond donors (Lipinski definition) is 1. The third kappa shape index (κ3) is 5.08. The van der Waals surface area contributed by atoms with Gasteiger partial charge in [0, 0.05) is 17.1 Å². The molecule has 0 saturated carbocycles. The van der Waals surface area contributed by atoms with Crippen LogP contribution < -0.4 is 5.32 Å². The standard InChI is InChI=1S/C13H19BrFN/c1-3-4-5-10(2)16-9-11-6-12(14)8-13(15)7-11/h6-8,10,16H,3-5,9H2,1-2H3. The topological polar surface area (TPSA) is 12.0 Å². The van der Waals surface area contributed by atoms with Crippen molar-refractivity contribution < 1.29 is 4.39 Å². The van der Waals surface area contributed by atoms with E-state index in [2.05, 4.69) is 35.1 Å². The Morgan fingerprint density at radius 1 is 1.38 bits per heavy atom. The Labute approximate surface area is 106 Å². The number of halogens is 2. The molecule has 0 aromatic heterocycles. The van der Waals surface area contributed by atoms with E-state index in [0.29, 0.717) is 6.04 Å². The lowest BCUT2D eigenvalue weighted by atomic mass is 10.1. The van der Waals surface area contributed by atoms with Crippen LogP contribution in [0.2, 0.25) is 0 Å². The van der Waals surface area contributed by atoms with Crippen molar-refractivity contribution in [2.75, 3.05) is 0 Å². The van der Waals surface area contributed by atoms with Gasteiger partial charge in [0.1, 0.15) is 5.82 Å². The summed E-state index contributed by atoms with van der Waals surface area (Å²) in [6.07, 6.45) is 3.63. The van der Waals surface area contributed by atoms with Gasteiger partial charge in [-0.2, -0.15) is 0 Å². The zero-order valence-corrected chi connectivity index (χ0v) is 11.5. The lowest BCUT2D eigenvalue weighted by Crippen LogP contribution is -2.25. The maximum absolute atomic E-state index is 13.1. The Hall–Kier alpha value is -0.410. The molecule has 1 aromatic carbocycles. The number of rotatable bonds is 6. The summed E-state index contributed by atoms with van der Waals surface area (Å²) in [7, 11) is 0. The van der Waals surface area contributed by atoms with Crippen LogP contribution in [0.25, 0.3) is 0 Å². The molecular formula is C13H19BrFN. The molecule has 0 amide bonds. The Balaban J connectivity index is 2.41. The Bertz CT molecular complexity index is 307. The average Bonchev–Trinajstić information content (AvgIpc) is 2.22. The van der Waals surface area contributed by atoms with Crippen molar-refractivity contribution in [3.63, 3.8) is 0 Å². The minimum absolute atomic E-state index is 0.188. The molecule has 0 bridgehead atoms. The van der Waals surface area contributed by atoms with Crippen molar-refractivity contribution >= 4 is 15.9 Å². The number of benzene rings is 1. The predicted molar refractivity (Wildman–Crippen MR) is 69.9 cm³/mol. The number of nitrogens with one attached hydrogen (secondary N) is 1. The summed E-state index contributed by atoms with van der Waals surface area (Å²) in [4.78, 5) is 0. The van der Waals surface area contributed by atoms with E-state index in [1.54, 1.807) is 6.07 Å². The van der Waals surface area contributed by atoms with Crippen LogP contribution in [0.1, 0.15) is 38.7 Å². The Morgan fingerprint density at radius 3 is 2.75 bits per heavy atom. The quantitative estimate of drug-likeness (QED) is 0.825. The summed E-state index contributed by atoms with van der Waals surface area (Å²) in [6.45, 7) is 5.08. The summed E-state index contributed by atoms with van der Waals surface area (Å²) in [5, 5.41) is 3.40. The molecule has 1 nitrogen and oxygen atoms in total. The molecule has 1 N–H and O–H groups in total. The van der Waals surface area contributed by atoms with Crippen LogP contribution in [0.3, 0.4) is 0 Å². The Morgan fingerprint density at radius 2 is 2.12 bits per heavy atom. The molecule has 1 rings (SSSR count). The minimum Gasteiger partial charge on any atom is -0.310 e. The van der Waals surface area contributed by atoms with E-state index < -0.39 is 0 Å². The molecule has 1 aromatic rings. The fourth-order valence-corrected chi connectivity index (χ4v) is 2.13. The first kappa shape index (κ1) is 13.7. The Kier molecular flexibility index (Phi) is 5.99. The van der Waals surface area contributed by atoms with Gasteiger partial charge >= 0.3 is 0 Å². The highest BCUT2D eigenvalue weighted by atomic mass is 79.9. The van der Waals surface area contributed by atoms with Crippen molar-refractivity contribution in [1.82, 2.24) is 5.32 Å². The second kappa shape index (κ2) is 7.02. The zero-order chi connectivity index (χ0) is 12.0. The van der Waals surface area contributed by atoms with Crippen LogP contribution in [0, 0.1) is 5.82 Å². The van der Waals surface area contributed by atoms with E-state index in [9.17, 15) is 4.39 Å². The van der Waals surface area contributed by atoms with Crippen LogP contribution >= 0.6 is 15.9 Å². The first-order valence-corrected chi connectivity index (χ1v) is 6.59. The average molecular weight is 288 g/mol. The number of unbranched alkanes of at least 4 members (excludes halogenated alkanes) is 1. The van der Waals surface area contributed by atoms with E-state index in [4.69, 9.17) is 0 Å². The summed E-state index contributed by atoms with van der Waals surface area (Å²) in [5.41, 5.74) is 0.982. The number of hydrogen-bond acceptors (Lipinski definition) is 1. The van der Waals surface area contributed by atoms with Crippen LogP contribution in [-0.2, 0) is 6.54 Å². The van der Waals surface area contributed by atoms with E-state index in [1.165, 1.54) is 25.3 Å². The van der Waals surface area contributed by atoms with Crippen LogP contribution in [0.15, 0.2) is 22.7 Å². The largest absolute Gasteiger partial charge is 0.310 e. The third-order valence-corrected chi connectivity index (χ3v) is 3.03. The SMILES string of the molecule is CCCCC(C)NCc1cc(F)cc(Br)c1. The second-order valence-electron chi connectivity index (χ2n) is 4.20. The fourth-order valence-electron chi connectivity index (χ4n) is 1.62. The second-order valence-corrected chi connectivity index (χ2v) is 5.12. The van der Waals surface area contributed by atoms with E-state index in [-0.39, 0.29) is 5.82 Å². The van der Waals surface area contributed by atoms with Crippen LogP contribution in [-0.4, -0.2) is 6.04 Å². The van der Waals surface area contributed by atoms with Crippen molar-refractivity contribution in [1.29, 1.82) is 0 Å². The van der Waals surface area contributed by atoms with E-state index >= 15 is 0 Å². The highest BCUT2D eigenvalue weighted by molar-refractivity contribution is 9.10. The summed E-state index contributed by atoms with van der Waals surface area (Å²) < 4.78 is 13.9. The normalized spacial score (nSPS) is 12.8. The van der Waals surface area contributed by atoms with Gasteiger partial charge in [-0.15, -0.1) is 0 Å². The molecule has 0 aliphatic rings. The van der Waals surface area contributed by atoms with Gasteiger partial charge in [0.2, 0.25) is 0 Å². The molecule has 0 heterocycles. The highest BCUT2D eigenvalue weighted by Crippen LogP contribution is 2.15. The van der Waals surface area contributed by atoms with Crippen LogP contribution in [0.4, 0.5) is 4.39 Å². The molecule has 1 atom stereocenters.